The molecule has 3 aliphatic heterocycles. The van der Waals surface area contributed by atoms with Gasteiger partial charge in [-0.25, -0.2) is 17.5 Å². The second-order valence-corrected chi connectivity index (χ2v) is 12.8. The van der Waals surface area contributed by atoms with Crippen LogP contribution in [0.1, 0.15) is 64.7 Å². The van der Waals surface area contributed by atoms with E-state index in [2.05, 4.69) is 30.1 Å². The first-order valence-electron chi connectivity index (χ1n) is 13.9. The minimum Gasteiger partial charge on any atom is -0.475 e. The molecule has 4 rings (SSSR count). The number of piperidine rings is 2. The number of sulfonamides is 1. The molecular formula is C28H42N2O6S. The van der Waals surface area contributed by atoms with Gasteiger partial charge in [-0.2, -0.15) is 0 Å². The van der Waals surface area contributed by atoms with Crippen LogP contribution in [-0.2, 0) is 24.3 Å². The third-order valence-electron chi connectivity index (χ3n) is 8.21. The summed E-state index contributed by atoms with van der Waals surface area (Å²) in [6, 6.07) is 0. The van der Waals surface area contributed by atoms with Gasteiger partial charge in [0.25, 0.3) is 0 Å². The first kappa shape index (κ1) is 27.9. The zero-order valence-electron chi connectivity index (χ0n) is 22.0. The van der Waals surface area contributed by atoms with Crippen molar-refractivity contribution in [1.82, 2.24) is 9.21 Å². The van der Waals surface area contributed by atoms with Crippen LogP contribution in [0.25, 0.3) is 0 Å². The maximum Gasteiger partial charge on any atom is 0.375 e. The molecule has 1 N–H and O–H groups in total. The number of carboxylic acid groups (broad SMARTS) is 1. The Morgan fingerprint density at radius 3 is 2.46 bits per heavy atom. The van der Waals surface area contributed by atoms with E-state index < -0.39 is 16.0 Å². The number of hydrogen-bond acceptors (Lipinski definition) is 6. The summed E-state index contributed by atoms with van der Waals surface area (Å²) in [6.07, 6.45) is 17.9. The van der Waals surface area contributed by atoms with E-state index >= 15 is 0 Å². The number of hydrogen-bond donors (Lipinski definition) is 1. The molecule has 0 saturated carbocycles. The normalized spacial score (nSPS) is 23.4. The van der Waals surface area contributed by atoms with E-state index in [1.165, 1.54) is 30.9 Å². The van der Waals surface area contributed by atoms with Crippen molar-refractivity contribution in [2.75, 3.05) is 38.5 Å². The van der Waals surface area contributed by atoms with E-state index in [-0.39, 0.29) is 17.4 Å². The summed E-state index contributed by atoms with van der Waals surface area (Å²) >= 11 is 0. The summed E-state index contributed by atoms with van der Waals surface area (Å²) in [5.74, 6) is 0.616. The summed E-state index contributed by atoms with van der Waals surface area (Å²) in [5.41, 5.74) is 1.29. The number of ether oxygens (including phenoxy) is 2. The average Bonchev–Trinajstić information content (AvgIpc) is 2.91. The van der Waals surface area contributed by atoms with E-state index in [9.17, 15) is 13.2 Å². The molecular weight excluding hydrogens is 492 g/mol. The monoisotopic (exact) mass is 534 g/mol. The Bertz CT molecular complexity index is 1020. The van der Waals surface area contributed by atoms with Crippen molar-refractivity contribution < 1.29 is 27.8 Å². The van der Waals surface area contributed by atoms with Gasteiger partial charge in [0.1, 0.15) is 18.3 Å². The summed E-state index contributed by atoms with van der Waals surface area (Å²) < 4.78 is 38.6. The van der Waals surface area contributed by atoms with Gasteiger partial charge in [-0.15, -0.1) is 0 Å². The highest BCUT2D eigenvalue weighted by Gasteiger charge is 2.34. The molecule has 0 radical (unpaired) electrons. The van der Waals surface area contributed by atoms with Crippen LogP contribution in [0.2, 0.25) is 0 Å². The van der Waals surface area contributed by atoms with Crippen LogP contribution in [-0.4, -0.2) is 67.2 Å². The topological polar surface area (TPSA) is 96.4 Å². The van der Waals surface area contributed by atoms with Gasteiger partial charge in [0.05, 0.1) is 5.75 Å². The van der Waals surface area contributed by atoms with Gasteiger partial charge in [0.2, 0.25) is 15.8 Å². The fourth-order valence-corrected chi connectivity index (χ4v) is 7.66. The lowest BCUT2D eigenvalue weighted by molar-refractivity contribution is -0.136. The predicted octanol–water partition coefficient (Wildman–Crippen LogP) is 4.64. The Labute approximate surface area is 221 Å². The van der Waals surface area contributed by atoms with Gasteiger partial charge in [-0.1, -0.05) is 43.6 Å². The minimum absolute atomic E-state index is 0.0507. The molecule has 0 amide bonds. The fraction of sp³-hybridized carbons (Fsp3) is 0.679. The van der Waals surface area contributed by atoms with Crippen LogP contribution in [0.15, 0.2) is 47.8 Å². The molecule has 8 nitrogen and oxygen atoms in total. The largest absolute Gasteiger partial charge is 0.475 e. The zero-order valence-corrected chi connectivity index (χ0v) is 22.8. The van der Waals surface area contributed by atoms with E-state index in [0.717, 1.165) is 58.2 Å². The maximum absolute atomic E-state index is 12.9. The number of aliphatic carboxylic acids is 1. The summed E-state index contributed by atoms with van der Waals surface area (Å²) in [6.45, 7) is 6.17. The third kappa shape index (κ3) is 7.48. The van der Waals surface area contributed by atoms with Crippen molar-refractivity contribution in [2.45, 2.75) is 64.7 Å². The van der Waals surface area contributed by atoms with Gasteiger partial charge in [0.15, 0.2) is 0 Å². The van der Waals surface area contributed by atoms with Crippen molar-refractivity contribution in [3.8, 4) is 0 Å². The molecule has 9 heteroatoms. The SMILES string of the molecule is CCCC1CCN(S(=O)(=O)CCCN2CCC(C(C3=CC=CCC3)C3=COC(C(=O)O)=CO3)CC2)CC1. The molecule has 2 saturated heterocycles. The average molecular weight is 535 g/mol. The summed E-state index contributed by atoms with van der Waals surface area (Å²) in [4.78, 5) is 13.6. The molecule has 37 heavy (non-hydrogen) atoms. The van der Waals surface area contributed by atoms with Crippen molar-refractivity contribution in [1.29, 1.82) is 0 Å². The molecule has 0 aromatic heterocycles. The molecule has 4 aliphatic rings. The minimum atomic E-state index is -3.18. The number of carbonyl (C=O) groups is 1. The van der Waals surface area contributed by atoms with Gasteiger partial charge >= 0.3 is 5.97 Å². The first-order chi connectivity index (χ1) is 17.9. The highest BCUT2D eigenvalue weighted by Crippen LogP contribution is 2.40. The van der Waals surface area contributed by atoms with Crippen LogP contribution in [0.4, 0.5) is 0 Å². The van der Waals surface area contributed by atoms with E-state index in [4.69, 9.17) is 14.6 Å². The van der Waals surface area contributed by atoms with Crippen molar-refractivity contribution >= 4 is 16.0 Å². The van der Waals surface area contributed by atoms with Crippen molar-refractivity contribution in [3.63, 3.8) is 0 Å². The van der Waals surface area contributed by atoms with E-state index in [1.54, 1.807) is 4.31 Å². The third-order valence-corrected chi connectivity index (χ3v) is 10.2. The van der Waals surface area contributed by atoms with Gasteiger partial charge in [-0.3, -0.25) is 0 Å². The lowest BCUT2D eigenvalue weighted by Gasteiger charge is -2.38. The summed E-state index contributed by atoms with van der Waals surface area (Å²) in [5, 5.41) is 9.15. The lowest BCUT2D eigenvalue weighted by atomic mass is 9.76. The van der Waals surface area contributed by atoms with E-state index in [0.29, 0.717) is 37.1 Å². The Morgan fingerprint density at radius 2 is 1.86 bits per heavy atom. The quantitative estimate of drug-likeness (QED) is 0.413. The summed E-state index contributed by atoms with van der Waals surface area (Å²) in [7, 11) is -3.18. The van der Waals surface area contributed by atoms with Crippen LogP contribution in [0.3, 0.4) is 0 Å². The molecule has 1 aliphatic carbocycles. The van der Waals surface area contributed by atoms with Crippen LogP contribution in [0.5, 0.6) is 0 Å². The Kier molecular flexibility index (Phi) is 9.90. The number of likely N-dealkylation sites (tertiary alicyclic amines) is 1. The second kappa shape index (κ2) is 13.1. The van der Waals surface area contributed by atoms with Gasteiger partial charge in [0, 0.05) is 19.0 Å². The Morgan fingerprint density at radius 1 is 1.11 bits per heavy atom. The highest BCUT2D eigenvalue weighted by atomic mass is 32.2. The number of allylic oxidation sites excluding steroid dienone is 4. The molecule has 0 spiro atoms. The zero-order chi connectivity index (χ0) is 26.3. The maximum atomic E-state index is 12.9. The Hall–Kier alpha value is -2.10. The molecule has 1 unspecified atom stereocenters. The highest BCUT2D eigenvalue weighted by molar-refractivity contribution is 7.89. The van der Waals surface area contributed by atoms with Gasteiger partial charge < -0.3 is 19.5 Å². The van der Waals surface area contributed by atoms with Crippen molar-refractivity contribution in [2.24, 2.45) is 17.8 Å². The van der Waals surface area contributed by atoms with Gasteiger partial charge in [-0.05, 0) is 76.4 Å². The molecule has 206 valence electrons. The Balaban J connectivity index is 1.26. The molecule has 0 aromatic carbocycles. The number of rotatable bonds is 11. The first-order valence-corrected chi connectivity index (χ1v) is 15.5. The lowest BCUT2D eigenvalue weighted by Crippen LogP contribution is -2.41. The fourth-order valence-electron chi connectivity index (χ4n) is 6.14. The molecule has 0 bridgehead atoms. The van der Waals surface area contributed by atoms with Crippen LogP contribution < -0.4 is 0 Å². The smallest absolute Gasteiger partial charge is 0.375 e. The molecule has 1 atom stereocenters. The molecule has 0 aromatic rings. The van der Waals surface area contributed by atoms with Crippen LogP contribution in [0, 0.1) is 17.8 Å². The number of carboxylic acids is 1. The molecule has 2 fully saturated rings. The van der Waals surface area contributed by atoms with E-state index in [1.807, 2.05) is 0 Å². The standard InChI is InChI=1S/C28H42N2O6S/c1-2-7-22-10-17-30(18-11-22)37(33,34)19-6-14-29-15-12-24(13-16-29)27(23-8-4-3-5-9-23)25-20-36-26(21-35-25)28(31)32/h3-4,8,20-22,24,27H,2,5-7,9-19H2,1H3,(H,31,32). The second-order valence-electron chi connectivity index (χ2n) is 10.7. The van der Waals surface area contributed by atoms with Crippen molar-refractivity contribution in [3.05, 3.63) is 47.8 Å². The predicted molar refractivity (Wildman–Crippen MR) is 143 cm³/mol. The molecule has 3 heterocycles. The van der Waals surface area contributed by atoms with Crippen LogP contribution >= 0.6 is 0 Å². The number of nitrogens with zero attached hydrogens (tertiary/aromatic N) is 2.